The molecule has 1 N–H and O–H groups in total. The van der Waals surface area contributed by atoms with Crippen molar-refractivity contribution in [1.29, 1.82) is 0 Å². The van der Waals surface area contributed by atoms with E-state index in [1.54, 1.807) is 0 Å². The Hall–Kier alpha value is -0.450. The Morgan fingerprint density at radius 2 is 2.05 bits per heavy atom. The van der Waals surface area contributed by atoms with Crippen LogP contribution in [0.1, 0.15) is 50.7 Å². The van der Waals surface area contributed by atoms with Gasteiger partial charge in [-0.05, 0) is 44.3 Å². The molecule has 2 aliphatic heterocycles. The van der Waals surface area contributed by atoms with Gasteiger partial charge >= 0.3 is 0 Å². The standard InChI is InChI=1S/C16H27N3S/c1-15(2,3)14-18-13(11-20-14)10-19-9-6-16(12-19)4-7-17-8-5-16/h11,17H,4-10,12H2,1-3H3. The van der Waals surface area contributed by atoms with Gasteiger partial charge in [-0.3, -0.25) is 4.90 Å². The van der Waals surface area contributed by atoms with Crippen LogP contribution in [0.15, 0.2) is 5.38 Å². The second kappa shape index (κ2) is 5.39. The van der Waals surface area contributed by atoms with Gasteiger partial charge in [-0.1, -0.05) is 20.8 Å². The minimum absolute atomic E-state index is 0.185. The fourth-order valence-electron chi connectivity index (χ4n) is 3.48. The van der Waals surface area contributed by atoms with Crippen LogP contribution in [-0.4, -0.2) is 36.1 Å². The summed E-state index contributed by atoms with van der Waals surface area (Å²) in [6, 6.07) is 0. The molecule has 2 aliphatic rings. The first kappa shape index (κ1) is 14.5. The second-order valence-electron chi connectivity index (χ2n) is 7.60. The highest BCUT2D eigenvalue weighted by Crippen LogP contribution is 2.39. The Morgan fingerprint density at radius 1 is 1.30 bits per heavy atom. The molecule has 3 rings (SSSR count). The second-order valence-corrected chi connectivity index (χ2v) is 8.46. The van der Waals surface area contributed by atoms with Crippen molar-refractivity contribution < 1.29 is 0 Å². The van der Waals surface area contributed by atoms with Crippen LogP contribution in [0.25, 0.3) is 0 Å². The van der Waals surface area contributed by atoms with Crippen molar-refractivity contribution in [1.82, 2.24) is 15.2 Å². The van der Waals surface area contributed by atoms with E-state index < -0.39 is 0 Å². The molecule has 0 saturated carbocycles. The largest absolute Gasteiger partial charge is 0.317 e. The maximum absolute atomic E-state index is 4.84. The van der Waals surface area contributed by atoms with Gasteiger partial charge in [-0.25, -0.2) is 4.98 Å². The maximum Gasteiger partial charge on any atom is 0.0982 e. The number of aromatic nitrogens is 1. The summed E-state index contributed by atoms with van der Waals surface area (Å²) < 4.78 is 0. The van der Waals surface area contributed by atoms with E-state index in [4.69, 9.17) is 4.98 Å². The molecular formula is C16H27N3S. The smallest absolute Gasteiger partial charge is 0.0982 e. The lowest BCUT2D eigenvalue weighted by Gasteiger charge is -2.33. The summed E-state index contributed by atoms with van der Waals surface area (Å²) >= 11 is 1.82. The Bertz CT molecular complexity index is 455. The summed E-state index contributed by atoms with van der Waals surface area (Å²) in [4.78, 5) is 7.46. The van der Waals surface area contributed by atoms with Gasteiger partial charge in [-0.2, -0.15) is 0 Å². The average molecular weight is 293 g/mol. The number of thiazole rings is 1. The molecule has 1 aromatic rings. The molecule has 1 aromatic heterocycles. The van der Waals surface area contributed by atoms with Crippen molar-refractivity contribution in [2.45, 2.75) is 52.0 Å². The molecule has 4 heteroatoms. The van der Waals surface area contributed by atoms with E-state index in [1.165, 1.54) is 56.1 Å². The minimum atomic E-state index is 0.185. The molecule has 3 nitrogen and oxygen atoms in total. The predicted molar refractivity (Wildman–Crippen MR) is 85.2 cm³/mol. The zero-order chi connectivity index (χ0) is 14.2. The van der Waals surface area contributed by atoms with E-state index in [-0.39, 0.29) is 5.41 Å². The molecular weight excluding hydrogens is 266 g/mol. The molecule has 3 heterocycles. The van der Waals surface area contributed by atoms with Gasteiger partial charge in [0.2, 0.25) is 0 Å². The van der Waals surface area contributed by atoms with Crippen LogP contribution in [0.4, 0.5) is 0 Å². The highest BCUT2D eigenvalue weighted by atomic mass is 32.1. The van der Waals surface area contributed by atoms with E-state index in [9.17, 15) is 0 Å². The SMILES string of the molecule is CC(C)(C)c1nc(CN2CCC3(CCNCC3)C2)cs1. The van der Waals surface area contributed by atoms with Crippen molar-refractivity contribution in [3.8, 4) is 0 Å². The van der Waals surface area contributed by atoms with E-state index in [1.807, 2.05) is 11.3 Å². The van der Waals surface area contributed by atoms with Gasteiger partial charge in [0, 0.05) is 23.9 Å². The fraction of sp³-hybridized carbons (Fsp3) is 0.812. The highest BCUT2D eigenvalue weighted by Gasteiger charge is 2.38. The third-order valence-corrected chi connectivity index (χ3v) is 6.08. The summed E-state index contributed by atoms with van der Waals surface area (Å²) in [7, 11) is 0. The van der Waals surface area contributed by atoms with Gasteiger partial charge in [0.15, 0.2) is 0 Å². The Kier molecular flexibility index (Phi) is 3.91. The third-order valence-electron chi connectivity index (χ3n) is 4.76. The molecule has 0 aliphatic carbocycles. The van der Waals surface area contributed by atoms with Crippen molar-refractivity contribution in [2.24, 2.45) is 5.41 Å². The Balaban J connectivity index is 1.60. The molecule has 0 aromatic carbocycles. The molecule has 112 valence electrons. The molecule has 2 saturated heterocycles. The molecule has 2 fully saturated rings. The average Bonchev–Trinajstić information content (AvgIpc) is 2.99. The van der Waals surface area contributed by atoms with E-state index in [2.05, 4.69) is 36.4 Å². The summed E-state index contributed by atoms with van der Waals surface area (Å²) in [5.74, 6) is 0. The number of hydrogen-bond acceptors (Lipinski definition) is 4. The van der Waals surface area contributed by atoms with Crippen LogP contribution >= 0.6 is 11.3 Å². The highest BCUT2D eigenvalue weighted by molar-refractivity contribution is 7.09. The number of piperidine rings is 1. The zero-order valence-corrected chi connectivity index (χ0v) is 13.9. The molecule has 20 heavy (non-hydrogen) atoms. The number of hydrogen-bond donors (Lipinski definition) is 1. The van der Waals surface area contributed by atoms with Gasteiger partial charge in [0.1, 0.15) is 0 Å². The van der Waals surface area contributed by atoms with E-state index in [0.29, 0.717) is 5.41 Å². The van der Waals surface area contributed by atoms with Gasteiger partial charge in [-0.15, -0.1) is 11.3 Å². The fourth-order valence-corrected chi connectivity index (χ4v) is 4.38. The number of rotatable bonds is 2. The maximum atomic E-state index is 4.84. The predicted octanol–water partition coefficient (Wildman–Crippen LogP) is 3.02. The van der Waals surface area contributed by atoms with Crippen LogP contribution in [0, 0.1) is 5.41 Å². The van der Waals surface area contributed by atoms with Crippen LogP contribution in [0.3, 0.4) is 0 Å². The normalized spacial score (nSPS) is 23.6. The quantitative estimate of drug-likeness (QED) is 0.908. The van der Waals surface area contributed by atoms with Crippen molar-refractivity contribution in [2.75, 3.05) is 26.2 Å². The Labute approximate surface area is 126 Å². The lowest BCUT2D eigenvalue weighted by Crippen LogP contribution is -2.38. The van der Waals surface area contributed by atoms with Crippen molar-refractivity contribution >= 4 is 11.3 Å². The Morgan fingerprint density at radius 3 is 2.70 bits per heavy atom. The van der Waals surface area contributed by atoms with Crippen molar-refractivity contribution in [3.05, 3.63) is 16.1 Å². The molecule has 0 radical (unpaired) electrons. The van der Waals surface area contributed by atoms with E-state index >= 15 is 0 Å². The van der Waals surface area contributed by atoms with Crippen molar-refractivity contribution in [3.63, 3.8) is 0 Å². The zero-order valence-electron chi connectivity index (χ0n) is 13.0. The van der Waals surface area contributed by atoms with Gasteiger partial charge < -0.3 is 5.32 Å². The summed E-state index contributed by atoms with van der Waals surface area (Å²) in [5, 5.41) is 7.02. The van der Waals surface area contributed by atoms with E-state index in [0.717, 1.165) is 6.54 Å². The third kappa shape index (κ3) is 3.07. The molecule has 0 atom stereocenters. The van der Waals surface area contributed by atoms with Gasteiger partial charge in [0.25, 0.3) is 0 Å². The molecule has 0 unspecified atom stereocenters. The van der Waals surface area contributed by atoms with Gasteiger partial charge in [0.05, 0.1) is 10.7 Å². The minimum Gasteiger partial charge on any atom is -0.317 e. The van der Waals surface area contributed by atoms with Crippen LogP contribution < -0.4 is 5.32 Å². The number of likely N-dealkylation sites (tertiary alicyclic amines) is 1. The summed E-state index contributed by atoms with van der Waals surface area (Å²) in [5.41, 5.74) is 2.06. The number of nitrogens with zero attached hydrogens (tertiary/aromatic N) is 2. The first-order valence-electron chi connectivity index (χ1n) is 7.85. The monoisotopic (exact) mass is 293 g/mol. The number of nitrogens with one attached hydrogen (secondary N) is 1. The first-order valence-corrected chi connectivity index (χ1v) is 8.73. The molecule has 0 bridgehead atoms. The topological polar surface area (TPSA) is 28.2 Å². The first-order chi connectivity index (χ1) is 9.47. The lowest BCUT2D eigenvalue weighted by molar-refractivity contribution is 0.193. The van der Waals surface area contributed by atoms with Crippen LogP contribution in [-0.2, 0) is 12.0 Å². The van der Waals surface area contributed by atoms with Crippen LogP contribution in [0.5, 0.6) is 0 Å². The van der Waals surface area contributed by atoms with Crippen LogP contribution in [0.2, 0.25) is 0 Å². The summed E-state index contributed by atoms with van der Waals surface area (Å²) in [6.07, 6.45) is 4.09. The molecule has 0 amide bonds. The lowest BCUT2D eigenvalue weighted by atomic mass is 9.78. The summed E-state index contributed by atoms with van der Waals surface area (Å²) in [6.45, 7) is 12.7. The molecule has 1 spiro atoms.